The number of carboxylic acid groups (broad SMARTS) is 1. The lowest BCUT2D eigenvalue weighted by Crippen LogP contribution is -2.25. The van der Waals surface area contributed by atoms with Gasteiger partial charge in [-0.05, 0) is 36.4 Å². The number of carbonyl (C=O) groups is 2. The third-order valence-corrected chi connectivity index (χ3v) is 5.99. The molecule has 0 bridgehead atoms. The lowest BCUT2D eigenvalue weighted by Gasteiger charge is -2.19. The van der Waals surface area contributed by atoms with E-state index in [2.05, 4.69) is 10.3 Å². The molecule has 2 N–H and O–H groups in total. The quantitative estimate of drug-likeness (QED) is 0.366. The summed E-state index contributed by atoms with van der Waals surface area (Å²) >= 11 is 1.26. The van der Waals surface area contributed by atoms with E-state index in [1.807, 2.05) is 6.07 Å². The minimum Gasteiger partial charge on any atom is -0.493 e. The Morgan fingerprint density at radius 3 is 2.29 bits per heavy atom. The fourth-order valence-electron chi connectivity index (χ4n) is 3.30. The summed E-state index contributed by atoms with van der Waals surface area (Å²) in [7, 11) is 3.06. The van der Waals surface area contributed by atoms with Crippen LogP contribution in [-0.2, 0) is 4.79 Å². The van der Waals surface area contributed by atoms with Crippen LogP contribution in [0.1, 0.15) is 27.6 Å². The second-order valence-corrected chi connectivity index (χ2v) is 8.28. The van der Waals surface area contributed by atoms with E-state index in [-0.39, 0.29) is 5.56 Å². The van der Waals surface area contributed by atoms with E-state index in [0.29, 0.717) is 39.0 Å². The number of methoxy groups -OCH3 is 2. The second kappa shape index (κ2) is 10.1. The largest absolute Gasteiger partial charge is 0.493 e. The van der Waals surface area contributed by atoms with Crippen molar-refractivity contribution in [3.8, 4) is 23.3 Å². The van der Waals surface area contributed by atoms with Gasteiger partial charge >= 0.3 is 5.97 Å². The van der Waals surface area contributed by atoms with Crippen molar-refractivity contribution < 1.29 is 28.9 Å². The number of benzene rings is 3. The van der Waals surface area contributed by atoms with Gasteiger partial charge in [0.1, 0.15) is 5.75 Å². The molecule has 35 heavy (non-hydrogen) atoms. The van der Waals surface area contributed by atoms with Gasteiger partial charge in [0.05, 0.1) is 41.6 Å². The van der Waals surface area contributed by atoms with Crippen molar-refractivity contribution in [3.63, 3.8) is 0 Å². The smallest absolute Gasteiger partial charge is 0.335 e. The van der Waals surface area contributed by atoms with Gasteiger partial charge in [-0.1, -0.05) is 23.5 Å². The van der Waals surface area contributed by atoms with Gasteiger partial charge < -0.3 is 19.3 Å². The summed E-state index contributed by atoms with van der Waals surface area (Å²) < 4.78 is 17.4. The highest BCUT2D eigenvalue weighted by atomic mass is 32.1. The molecule has 10 heteroatoms. The Labute approximate surface area is 204 Å². The molecule has 0 saturated carbocycles. The molecule has 0 saturated heterocycles. The molecule has 176 valence electrons. The predicted octanol–water partition coefficient (Wildman–Crippen LogP) is 4.64. The van der Waals surface area contributed by atoms with Crippen LogP contribution in [0.25, 0.3) is 10.2 Å². The van der Waals surface area contributed by atoms with Crippen molar-refractivity contribution in [2.75, 3.05) is 19.5 Å². The van der Waals surface area contributed by atoms with Crippen LogP contribution < -0.4 is 19.5 Å². The number of fused-ring (bicyclic) bond motifs is 1. The molecule has 0 spiro atoms. The van der Waals surface area contributed by atoms with Gasteiger partial charge in [-0.25, -0.2) is 9.78 Å². The molecule has 1 unspecified atom stereocenters. The first-order valence-electron chi connectivity index (χ1n) is 10.3. The molecular weight excluding hydrogens is 470 g/mol. The number of rotatable bonds is 8. The third kappa shape index (κ3) is 5.15. The summed E-state index contributed by atoms with van der Waals surface area (Å²) in [5.74, 6) is -0.155. The van der Waals surface area contributed by atoms with Crippen molar-refractivity contribution in [2.45, 2.75) is 6.10 Å². The van der Waals surface area contributed by atoms with Crippen molar-refractivity contribution in [1.29, 1.82) is 5.26 Å². The molecule has 1 amide bonds. The fourth-order valence-corrected chi connectivity index (χ4v) is 4.18. The standard InChI is InChI=1S/C25H19N3O6S/c1-32-19-11-18-21(12-20(19)33-2)35-25(27-18)28-23(29)22(15-5-7-16(8-6-15)24(30)31)34-17-9-3-14(13-26)4-10-17/h3-12,22H,1-2H3,(H,30,31)(H,27,28,29). The van der Waals surface area contributed by atoms with Gasteiger partial charge in [0.15, 0.2) is 16.6 Å². The van der Waals surface area contributed by atoms with Crippen LogP contribution in [0.15, 0.2) is 60.7 Å². The zero-order valence-electron chi connectivity index (χ0n) is 18.6. The first-order chi connectivity index (χ1) is 16.9. The number of aromatic nitrogens is 1. The van der Waals surface area contributed by atoms with Crippen LogP contribution in [0.4, 0.5) is 5.13 Å². The molecule has 4 rings (SSSR count). The van der Waals surface area contributed by atoms with E-state index in [1.54, 1.807) is 36.4 Å². The molecule has 3 aromatic carbocycles. The number of amides is 1. The number of nitrogens with zero attached hydrogens (tertiary/aromatic N) is 2. The Kier molecular flexibility index (Phi) is 6.80. The molecule has 0 aliphatic heterocycles. The van der Waals surface area contributed by atoms with E-state index in [1.165, 1.54) is 49.8 Å². The maximum atomic E-state index is 13.3. The second-order valence-electron chi connectivity index (χ2n) is 7.24. The average molecular weight is 490 g/mol. The summed E-state index contributed by atoms with van der Waals surface area (Å²) in [6, 6.07) is 17.7. The zero-order chi connectivity index (χ0) is 24.9. The SMILES string of the molecule is COc1cc2nc(NC(=O)C(Oc3ccc(C#N)cc3)c3ccc(C(=O)O)cc3)sc2cc1OC. The summed E-state index contributed by atoms with van der Waals surface area (Å²) in [5.41, 5.74) is 1.60. The summed E-state index contributed by atoms with van der Waals surface area (Å²) in [5, 5.41) is 21.3. The lowest BCUT2D eigenvalue weighted by molar-refractivity contribution is -0.123. The molecule has 1 atom stereocenters. The van der Waals surface area contributed by atoms with Crippen LogP contribution in [0, 0.1) is 11.3 Å². The molecule has 0 aliphatic carbocycles. The molecule has 0 aliphatic rings. The third-order valence-electron chi connectivity index (χ3n) is 5.06. The Bertz CT molecular complexity index is 1380. The molecule has 1 aromatic heterocycles. The molecule has 0 radical (unpaired) electrons. The number of carbonyl (C=O) groups excluding carboxylic acids is 1. The highest BCUT2D eigenvalue weighted by molar-refractivity contribution is 7.22. The molecule has 0 fully saturated rings. The van der Waals surface area contributed by atoms with E-state index >= 15 is 0 Å². The maximum Gasteiger partial charge on any atom is 0.335 e. The number of aromatic carboxylic acids is 1. The Morgan fingerprint density at radius 2 is 1.69 bits per heavy atom. The number of nitriles is 1. The van der Waals surface area contributed by atoms with Crippen molar-refractivity contribution in [1.82, 2.24) is 4.98 Å². The summed E-state index contributed by atoms with van der Waals surface area (Å²) in [4.78, 5) is 29.0. The minimum absolute atomic E-state index is 0.0837. The topological polar surface area (TPSA) is 131 Å². The number of nitrogens with one attached hydrogen (secondary N) is 1. The minimum atomic E-state index is -1.11. The number of hydrogen-bond donors (Lipinski definition) is 2. The van der Waals surface area contributed by atoms with Crippen LogP contribution >= 0.6 is 11.3 Å². The molecule has 1 heterocycles. The Balaban J connectivity index is 1.64. The van der Waals surface area contributed by atoms with Gasteiger partial charge in [-0.3, -0.25) is 10.1 Å². The number of anilines is 1. The highest BCUT2D eigenvalue weighted by Gasteiger charge is 2.25. The number of thiazole rings is 1. The van der Waals surface area contributed by atoms with Crippen LogP contribution in [0.5, 0.6) is 17.2 Å². The number of carboxylic acids is 1. The average Bonchev–Trinajstić information content (AvgIpc) is 3.27. The summed E-state index contributed by atoms with van der Waals surface area (Å²) in [6.07, 6.45) is -1.11. The number of ether oxygens (including phenoxy) is 3. The van der Waals surface area contributed by atoms with Gasteiger partial charge in [0, 0.05) is 17.7 Å². The Hall–Kier alpha value is -4.62. The lowest BCUT2D eigenvalue weighted by atomic mass is 10.1. The Morgan fingerprint density at radius 1 is 1.03 bits per heavy atom. The van der Waals surface area contributed by atoms with E-state index in [9.17, 15) is 14.7 Å². The van der Waals surface area contributed by atoms with Crippen LogP contribution in [-0.4, -0.2) is 36.2 Å². The van der Waals surface area contributed by atoms with E-state index < -0.39 is 18.0 Å². The van der Waals surface area contributed by atoms with Crippen LogP contribution in [0.2, 0.25) is 0 Å². The van der Waals surface area contributed by atoms with Crippen molar-refractivity contribution >= 4 is 38.6 Å². The van der Waals surface area contributed by atoms with E-state index in [4.69, 9.17) is 19.5 Å². The zero-order valence-corrected chi connectivity index (χ0v) is 19.5. The molecule has 4 aromatic rings. The maximum absolute atomic E-state index is 13.3. The normalized spacial score (nSPS) is 11.3. The van der Waals surface area contributed by atoms with Gasteiger partial charge in [-0.2, -0.15) is 5.26 Å². The first kappa shape index (κ1) is 23.5. The predicted molar refractivity (Wildman–Crippen MR) is 129 cm³/mol. The van der Waals surface area contributed by atoms with Gasteiger partial charge in [0.25, 0.3) is 5.91 Å². The van der Waals surface area contributed by atoms with Gasteiger partial charge in [0.2, 0.25) is 6.10 Å². The monoisotopic (exact) mass is 489 g/mol. The summed E-state index contributed by atoms with van der Waals surface area (Å²) in [6.45, 7) is 0. The van der Waals surface area contributed by atoms with Gasteiger partial charge in [-0.15, -0.1) is 0 Å². The van der Waals surface area contributed by atoms with Crippen LogP contribution in [0.3, 0.4) is 0 Å². The fraction of sp³-hybridized carbons (Fsp3) is 0.120. The molecular formula is C25H19N3O6S. The van der Waals surface area contributed by atoms with Crippen molar-refractivity contribution in [3.05, 3.63) is 77.4 Å². The van der Waals surface area contributed by atoms with E-state index in [0.717, 1.165) is 4.70 Å². The first-order valence-corrected chi connectivity index (χ1v) is 11.1. The number of hydrogen-bond acceptors (Lipinski definition) is 8. The van der Waals surface area contributed by atoms with Crippen molar-refractivity contribution in [2.24, 2.45) is 0 Å². The molecule has 9 nitrogen and oxygen atoms in total. The highest BCUT2D eigenvalue weighted by Crippen LogP contribution is 2.36.